The number of nitrogens with one attached hydrogen (secondary N) is 1. The summed E-state index contributed by atoms with van der Waals surface area (Å²) in [6.45, 7) is 0.306. The van der Waals surface area contributed by atoms with Crippen LogP contribution in [0.25, 0.3) is 0 Å². The van der Waals surface area contributed by atoms with E-state index in [1.54, 1.807) is 36.4 Å². The van der Waals surface area contributed by atoms with Crippen LogP contribution >= 0.6 is 11.6 Å². The Bertz CT molecular complexity index is 645. The molecule has 0 saturated heterocycles. The van der Waals surface area contributed by atoms with Crippen molar-refractivity contribution in [3.05, 3.63) is 64.7 Å². The van der Waals surface area contributed by atoms with Gasteiger partial charge in [-0.05, 0) is 42.0 Å². The summed E-state index contributed by atoms with van der Waals surface area (Å²) in [7, 11) is 0. The number of hydrogen-bond donors (Lipinski definition) is 1. The highest BCUT2D eigenvalue weighted by atomic mass is 35.5. The first kappa shape index (κ1) is 15.0. The van der Waals surface area contributed by atoms with Crippen LogP contribution in [0.1, 0.15) is 11.1 Å². The van der Waals surface area contributed by atoms with Gasteiger partial charge in [0.2, 0.25) is 5.91 Å². The molecule has 4 nitrogen and oxygen atoms in total. The molecule has 21 heavy (non-hydrogen) atoms. The van der Waals surface area contributed by atoms with Crippen molar-refractivity contribution in [2.45, 2.75) is 6.61 Å². The monoisotopic (exact) mass is 300 g/mol. The van der Waals surface area contributed by atoms with E-state index >= 15 is 0 Å². The Balaban J connectivity index is 1.76. The molecule has 0 aromatic heterocycles. The van der Waals surface area contributed by atoms with Crippen LogP contribution in [0.2, 0.25) is 5.02 Å². The highest BCUT2D eigenvalue weighted by Gasteiger charge is 2.03. The maximum Gasteiger partial charge on any atom is 0.250 e. The van der Waals surface area contributed by atoms with Gasteiger partial charge in [0, 0.05) is 10.7 Å². The Morgan fingerprint density at radius 2 is 1.81 bits per heavy atom. The second-order valence-corrected chi connectivity index (χ2v) is 4.79. The summed E-state index contributed by atoms with van der Waals surface area (Å²) in [4.78, 5) is 11.7. The van der Waals surface area contributed by atoms with E-state index in [0.717, 1.165) is 5.56 Å². The number of amides is 1. The lowest BCUT2D eigenvalue weighted by Crippen LogP contribution is -2.18. The van der Waals surface area contributed by atoms with Crippen LogP contribution in [0.5, 0.6) is 0 Å². The molecular formula is C16H13ClN2O2. The fourth-order valence-corrected chi connectivity index (χ4v) is 1.79. The highest BCUT2D eigenvalue weighted by molar-refractivity contribution is 6.30. The van der Waals surface area contributed by atoms with E-state index in [1.165, 1.54) is 0 Å². The number of benzene rings is 2. The molecule has 0 unspecified atom stereocenters. The number of carbonyl (C=O) groups is 1. The lowest BCUT2D eigenvalue weighted by atomic mass is 10.2. The van der Waals surface area contributed by atoms with E-state index in [9.17, 15) is 4.79 Å². The van der Waals surface area contributed by atoms with E-state index in [4.69, 9.17) is 21.6 Å². The minimum Gasteiger partial charge on any atom is -0.367 e. The van der Waals surface area contributed by atoms with Gasteiger partial charge in [0.15, 0.2) is 0 Å². The van der Waals surface area contributed by atoms with E-state index < -0.39 is 0 Å². The van der Waals surface area contributed by atoms with Gasteiger partial charge in [-0.3, -0.25) is 4.79 Å². The van der Waals surface area contributed by atoms with Crippen molar-refractivity contribution in [2.75, 3.05) is 11.9 Å². The molecule has 0 bridgehead atoms. The van der Waals surface area contributed by atoms with Crippen molar-refractivity contribution in [1.82, 2.24) is 0 Å². The molecular weight excluding hydrogens is 288 g/mol. The van der Waals surface area contributed by atoms with Gasteiger partial charge in [-0.2, -0.15) is 5.26 Å². The lowest BCUT2D eigenvalue weighted by Gasteiger charge is -2.06. The number of nitriles is 1. The maximum atomic E-state index is 11.7. The second kappa shape index (κ2) is 7.44. The summed E-state index contributed by atoms with van der Waals surface area (Å²) < 4.78 is 5.33. The molecule has 2 aromatic rings. The maximum absolute atomic E-state index is 11.7. The van der Waals surface area contributed by atoms with Crippen LogP contribution in [-0.4, -0.2) is 12.5 Å². The second-order valence-electron chi connectivity index (χ2n) is 4.36. The van der Waals surface area contributed by atoms with Gasteiger partial charge < -0.3 is 10.1 Å². The molecule has 0 spiro atoms. The third kappa shape index (κ3) is 4.92. The molecule has 0 aliphatic heterocycles. The Labute approximate surface area is 127 Å². The van der Waals surface area contributed by atoms with Gasteiger partial charge in [-0.1, -0.05) is 23.7 Å². The Morgan fingerprint density at radius 3 is 2.43 bits per heavy atom. The standard InChI is InChI=1S/C16H13ClN2O2/c17-14-5-1-13(2-6-14)10-21-11-16(20)19-15-7-3-12(9-18)4-8-15/h1-8H,10-11H2,(H,19,20). The van der Waals surface area contributed by atoms with Crippen molar-refractivity contribution >= 4 is 23.2 Å². The van der Waals surface area contributed by atoms with Gasteiger partial charge >= 0.3 is 0 Å². The van der Waals surface area contributed by atoms with Crippen LogP contribution < -0.4 is 5.32 Å². The van der Waals surface area contributed by atoms with E-state index in [0.29, 0.717) is 22.9 Å². The van der Waals surface area contributed by atoms with Crippen LogP contribution in [0.3, 0.4) is 0 Å². The average molecular weight is 301 g/mol. The number of carbonyl (C=O) groups excluding carboxylic acids is 1. The number of hydrogen-bond acceptors (Lipinski definition) is 3. The summed E-state index contributed by atoms with van der Waals surface area (Å²) in [5.74, 6) is -0.242. The molecule has 106 valence electrons. The molecule has 0 fully saturated rings. The Hall–Kier alpha value is -2.35. The topological polar surface area (TPSA) is 62.1 Å². The van der Waals surface area contributed by atoms with Crippen LogP contribution in [0.15, 0.2) is 48.5 Å². The average Bonchev–Trinajstić information content (AvgIpc) is 2.50. The SMILES string of the molecule is N#Cc1ccc(NC(=O)COCc2ccc(Cl)cc2)cc1. The zero-order chi connectivity index (χ0) is 15.1. The zero-order valence-electron chi connectivity index (χ0n) is 11.2. The molecule has 2 aromatic carbocycles. The molecule has 0 heterocycles. The van der Waals surface area contributed by atoms with Crippen molar-refractivity contribution in [2.24, 2.45) is 0 Å². The molecule has 0 saturated carbocycles. The molecule has 0 atom stereocenters. The van der Waals surface area contributed by atoms with E-state index in [1.807, 2.05) is 18.2 Å². The summed E-state index contributed by atoms with van der Waals surface area (Å²) in [6.07, 6.45) is 0. The minimum atomic E-state index is -0.242. The first-order valence-corrected chi connectivity index (χ1v) is 6.67. The van der Waals surface area contributed by atoms with Crippen LogP contribution in [0, 0.1) is 11.3 Å². The molecule has 0 radical (unpaired) electrons. The molecule has 2 rings (SSSR count). The van der Waals surface area contributed by atoms with Gasteiger partial charge in [0.25, 0.3) is 0 Å². The Morgan fingerprint density at radius 1 is 1.14 bits per heavy atom. The molecule has 0 aliphatic carbocycles. The third-order valence-corrected chi connectivity index (χ3v) is 2.96. The van der Waals surface area contributed by atoms with Crippen molar-refractivity contribution in [3.8, 4) is 6.07 Å². The predicted molar refractivity (Wildman–Crippen MR) is 80.9 cm³/mol. The molecule has 1 amide bonds. The molecule has 5 heteroatoms. The van der Waals surface area contributed by atoms with Crippen molar-refractivity contribution < 1.29 is 9.53 Å². The Kier molecular flexibility index (Phi) is 5.33. The number of halogens is 1. The predicted octanol–water partition coefficient (Wildman–Crippen LogP) is 3.37. The number of anilines is 1. The van der Waals surface area contributed by atoms with E-state index in [-0.39, 0.29) is 12.5 Å². The van der Waals surface area contributed by atoms with Gasteiger partial charge in [-0.25, -0.2) is 0 Å². The summed E-state index contributed by atoms with van der Waals surface area (Å²) in [5, 5.41) is 12.0. The lowest BCUT2D eigenvalue weighted by molar-refractivity contribution is -0.121. The van der Waals surface area contributed by atoms with Crippen molar-refractivity contribution in [3.63, 3.8) is 0 Å². The van der Waals surface area contributed by atoms with E-state index in [2.05, 4.69) is 5.32 Å². The van der Waals surface area contributed by atoms with Gasteiger partial charge in [-0.15, -0.1) is 0 Å². The summed E-state index contributed by atoms with van der Waals surface area (Å²) in [5.41, 5.74) is 2.13. The quantitative estimate of drug-likeness (QED) is 0.921. The minimum absolute atomic E-state index is 0.0391. The molecule has 0 aliphatic rings. The number of ether oxygens (including phenoxy) is 1. The summed E-state index contributed by atoms with van der Waals surface area (Å²) in [6, 6.07) is 15.9. The number of rotatable bonds is 5. The van der Waals surface area contributed by atoms with Gasteiger partial charge in [0.05, 0.1) is 18.2 Å². The van der Waals surface area contributed by atoms with Crippen LogP contribution in [-0.2, 0) is 16.1 Å². The number of nitrogens with zero attached hydrogens (tertiary/aromatic N) is 1. The largest absolute Gasteiger partial charge is 0.367 e. The van der Waals surface area contributed by atoms with Crippen molar-refractivity contribution in [1.29, 1.82) is 5.26 Å². The van der Waals surface area contributed by atoms with Gasteiger partial charge in [0.1, 0.15) is 6.61 Å². The fraction of sp³-hybridized carbons (Fsp3) is 0.125. The normalized spacial score (nSPS) is 9.90. The molecule has 1 N–H and O–H groups in total. The first-order valence-electron chi connectivity index (χ1n) is 6.29. The van der Waals surface area contributed by atoms with Crippen LogP contribution in [0.4, 0.5) is 5.69 Å². The third-order valence-electron chi connectivity index (χ3n) is 2.71. The summed E-state index contributed by atoms with van der Waals surface area (Å²) >= 11 is 5.78. The highest BCUT2D eigenvalue weighted by Crippen LogP contribution is 2.11. The smallest absolute Gasteiger partial charge is 0.250 e. The fourth-order valence-electron chi connectivity index (χ4n) is 1.67. The first-order chi connectivity index (χ1) is 10.2. The zero-order valence-corrected chi connectivity index (χ0v) is 11.9.